The van der Waals surface area contributed by atoms with Gasteiger partial charge < -0.3 is 5.32 Å². The highest BCUT2D eigenvalue weighted by Gasteiger charge is 2.25. The zero-order chi connectivity index (χ0) is 16.3. The molecule has 2 N–H and O–H groups in total. The summed E-state index contributed by atoms with van der Waals surface area (Å²) in [5, 5.41) is 10.6. The number of nitrogens with zero attached hydrogens (tertiary/aromatic N) is 1. The highest BCUT2D eigenvalue weighted by molar-refractivity contribution is 7.86. The minimum atomic E-state index is -4.43. The molecule has 22 heavy (non-hydrogen) atoms. The molecule has 0 saturated carbocycles. The molecule has 0 heterocycles. The summed E-state index contributed by atoms with van der Waals surface area (Å²) in [5.41, 5.74) is 1.04. The third-order valence-electron chi connectivity index (χ3n) is 2.86. The van der Waals surface area contributed by atoms with Gasteiger partial charge in [0.05, 0.1) is 21.7 Å². The Bertz CT molecular complexity index is 830. The van der Waals surface area contributed by atoms with Crippen molar-refractivity contribution in [3.63, 3.8) is 0 Å². The number of nitrogens with one attached hydrogen (secondary N) is 1. The lowest BCUT2D eigenvalue weighted by Gasteiger charge is -2.18. The van der Waals surface area contributed by atoms with Crippen LogP contribution in [0, 0.1) is 11.3 Å². The lowest BCUT2D eigenvalue weighted by molar-refractivity contribution is 0.473. The fraction of sp³-hybridized carbons (Fsp3) is 0.0714. The van der Waals surface area contributed by atoms with Crippen molar-refractivity contribution in [2.45, 2.75) is 5.37 Å². The second-order valence-corrected chi connectivity index (χ2v) is 6.72. The van der Waals surface area contributed by atoms with Gasteiger partial charge in [0.1, 0.15) is 0 Å². The van der Waals surface area contributed by atoms with Gasteiger partial charge in [-0.1, -0.05) is 35.3 Å². The molecule has 2 rings (SSSR count). The number of anilines is 1. The van der Waals surface area contributed by atoms with Crippen LogP contribution in [0.2, 0.25) is 10.0 Å². The van der Waals surface area contributed by atoms with Crippen LogP contribution in [0.4, 0.5) is 5.69 Å². The Hall–Kier alpha value is -1.78. The minimum absolute atomic E-state index is 0.251. The molecule has 0 aliphatic rings. The molecule has 5 nitrogen and oxygen atoms in total. The average molecular weight is 357 g/mol. The van der Waals surface area contributed by atoms with E-state index >= 15 is 0 Å². The van der Waals surface area contributed by atoms with Crippen molar-refractivity contribution < 1.29 is 13.0 Å². The first-order chi connectivity index (χ1) is 10.3. The van der Waals surface area contributed by atoms with E-state index in [0.717, 1.165) is 0 Å². The van der Waals surface area contributed by atoms with E-state index < -0.39 is 15.5 Å². The van der Waals surface area contributed by atoms with Crippen LogP contribution in [-0.4, -0.2) is 13.0 Å². The van der Waals surface area contributed by atoms with Crippen LogP contribution in [0.5, 0.6) is 0 Å². The molecule has 0 aromatic heterocycles. The predicted octanol–water partition coefficient (Wildman–Crippen LogP) is 3.86. The first-order valence-electron chi connectivity index (χ1n) is 5.99. The molecular formula is C14H10Cl2N2O3S. The molecule has 0 amide bonds. The molecule has 114 valence electrons. The summed E-state index contributed by atoms with van der Waals surface area (Å²) in [6, 6.07) is 12.2. The molecular weight excluding hydrogens is 347 g/mol. The minimum Gasteiger partial charge on any atom is -0.363 e. The van der Waals surface area contributed by atoms with Crippen LogP contribution in [0.1, 0.15) is 16.5 Å². The Labute approximate surface area is 137 Å². The van der Waals surface area contributed by atoms with Gasteiger partial charge in [0.25, 0.3) is 10.1 Å². The molecule has 0 bridgehead atoms. The van der Waals surface area contributed by atoms with Crippen LogP contribution < -0.4 is 5.32 Å². The van der Waals surface area contributed by atoms with Crippen LogP contribution in [0.3, 0.4) is 0 Å². The maximum absolute atomic E-state index is 11.6. The molecule has 0 saturated heterocycles. The molecule has 8 heteroatoms. The van der Waals surface area contributed by atoms with E-state index in [1.54, 1.807) is 0 Å². The largest absolute Gasteiger partial charge is 0.363 e. The van der Waals surface area contributed by atoms with Gasteiger partial charge in [0, 0.05) is 5.69 Å². The second-order valence-electron chi connectivity index (χ2n) is 4.40. The van der Waals surface area contributed by atoms with Crippen molar-refractivity contribution in [2.24, 2.45) is 0 Å². The Morgan fingerprint density at radius 3 is 2.23 bits per heavy atom. The quantitative estimate of drug-likeness (QED) is 0.811. The summed E-state index contributed by atoms with van der Waals surface area (Å²) in [6.07, 6.45) is 0. The number of hydrogen-bond donors (Lipinski definition) is 2. The standard InChI is InChI=1S/C14H10Cl2N2O3S/c15-12-6-5-11(7-13(12)16)18-14(22(19,20)21)10-3-1-9(8-17)2-4-10/h1-7,14,18H,(H,19,20,21). The monoisotopic (exact) mass is 356 g/mol. The number of benzene rings is 2. The van der Waals surface area contributed by atoms with E-state index in [-0.39, 0.29) is 10.6 Å². The molecule has 2 aromatic carbocycles. The Balaban J connectivity index is 2.38. The fourth-order valence-corrected chi connectivity index (χ4v) is 2.88. The average Bonchev–Trinajstić information content (AvgIpc) is 2.47. The SMILES string of the molecule is N#Cc1ccc(C(Nc2ccc(Cl)c(Cl)c2)S(=O)(=O)O)cc1. The molecule has 0 aliphatic heterocycles. The fourth-order valence-electron chi connectivity index (χ4n) is 1.80. The summed E-state index contributed by atoms with van der Waals surface area (Å²) < 4.78 is 32.7. The lowest BCUT2D eigenvalue weighted by atomic mass is 10.1. The van der Waals surface area contributed by atoms with E-state index in [4.69, 9.17) is 28.5 Å². The summed E-state index contributed by atoms with van der Waals surface area (Å²) in [5.74, 6) is 0. The summed E-state index contributed by atoms with van der Waals surface area (Å²) in [7, 11) is -4.43. The Kier molecular flexibility index (Phi) is 4.94. The molecule has 0 fully saturated rings. The van der Waals surface area contributed by atoms with Gasteiger partial charge in [-0.15, -0.1) is 0 Å². The van der Waals surface area contributed by atoms with Crippen molar-refractivity contribution in [1.29, 1.82) is 5.26 Å². The molecule has 1 atom stereocenters. The highest BCUT2D eigenvalue weighted by Crippen LogP contribution is 2.29. The van der Waals surface area contributed by atoms with Crippen LogP contribution in [0.15, 0.2) is 42.5 Å². The van der Waals surface area contributed by atoms with Crippen LogP contribution in [0.25, 0.3) is 0 Å². The molecule has 0 radical (unpaired) electrons. The first-order valence-corrected chi connectivity index (χ1v) is 8.25. The van der Waals surface area contributed by atoms with Gasteiger partial charge in [-0.25, -0.2) is 0 Å². The summed E-state index contributed by atoms with van der Waals surface area (Å²) >= 11 is 11.7. The zero-order valence-electron chi connectivity index (χ0n) is 11.0. The van der Waals surface area contributed by atoms with Crippen molar-refractivity contribution in [3.05, 3.63) is 63.6 Å². The van der Waals surface area contributed by atoms with Gasteiger partial charge in [0.2, 0.25) is 0 Å². The number of nitriles is 1. The first kappa shape index (κ1) is 16.6. The van der Waals surface area contributed by atoms with E-state index in [2.05, 4.69) is 5.32 Å². The van der Waals surface area contributed by atoms with Gasteiger partial charge in [-0.3, -0.25) is 4.55 Å². The van der Waals surface area contributed by atoms with E-state index in [0.29, 0.717) is 16.3 Å². The summed E-state index contributed by atoms with van der Waals surface area (Å²) in [6.45, 7) is 0. The van der Waals surface area contributed by atoms with Crippen molar-refractivity contribution >= 4 is 39.0 Å². The van der Waals surface area contributed by atoms with Crippen LogP contribution in [-0.2, 0) is 10.1 Å². The van der Waals surface area contributed by atoms with Gasteiger partial charge in [-0.05, 0) is 35.9 Å². The topological polar surface area (TPSA) is 90.2 Å². The van der Waals surface area contributed by atoms with Gasteiger partial charge >= 0.3 is 0 Å². The Morgan fingerprint density at radius 1 is 1.09 bits per heavy atom. The van der Waals surface area contributed by atoms with Gasteiger partial charge in [0.15, 0.2) is 5.37 Å². The zero-order valence-corrected chi connectivity index (χ0v) is 13.3. The van der Waals surface area contributed by atoms with Crippen LogP contribution >= 0.6 is 23.2 Å². The van der Waals surface area contributed by atoms with E-state index in [1.165, 1.54) is 42.5 Å². The number of hydrogen-bond acceptors (Lipinski definition) is 4. The third kappa shape index (κ3) is 3.90. The predicted molar refractivity (Wildman–Crippen MR) is 85.5 cm³/mol. The maximum atomic E-state index is 11.6. The third-order valence-corrected chi connectivity index (χ3v) is 4.58. The normalized spacial score (nSPS) is 12.5. The van der Waals surface area contributed by atoms with Crippen molar-refractivity contribution in [3.8, 4) is 6.07 Å². The number of halogens is 2. The van der Waals surface area contributed by atoms with E-state index in [1.807, 2.05) is 6.07 Å². The smallest absolute Gasteiger partial charge is 0.290 e. The van der Waals surface area contributed by atoms with Crippen molar-refractivity contribution in [1.82, 2.24) is 0 Å². The molecule has 1 unspecified atom stereocenters. The summed E-state index contributed by atoms with van der Waals surface area (Å²) in [4.78, 5) is 0. The molecule has 2 aromatic rings. The van der Waals surface area contributed by atoms with Gasteiger partial charge in [-0.2, -0.15) is 13.7 Å². The van der Waals surface area contributed by atoms with Crippen molar-refractivity contribution in [2.75, 3.05) is 5.32 Å². The lowest BCUT2D eigenvalue weighted by Crippen LogP contribution is -2.20. The molecule has 0 spiro atoms. The highest BCUT2D eigenvalue weighted by atomic mass is 35.5. The Morgan fingerprint density at radius 2 is 1.73 bits per heavy atom. The maximum Gasteiger partial charge on any atom is 0.290 e. The second kappa shape index (κ2) is 6.55. The number of rotatable bonds is 4. The molecule has 0 aliphatic carbocycles. The van der Waals surface area contributed by atoms with E-state index in [9.17, 15) is 13.0 Å².